The largest absolute Gasteiger partial charge is 0.433 e. The molecule has 1 amide bonds. The normalized spacial score (nSPS) is 24.7. The van der Waals surface area contributed by atoms with E-state index in [0.29, 0.717) is 38.7 Å². The first kappa shape index (κ1) is 21.8. The van der Waals surface area contributed by atoms with Crippen LogP contribution in [0.25, 0.3) is 0 Å². The summed E-state index contributed by atoms with van der Waals surface area (Å²) in [6.07, 6.45) is -0.667. The van der Waals surface area contributed by atoms with E-state index < -0.39 is 23.0 Å². The summed E-state index contributed by atoms with van der Waals surface area (Å²) in [5.41, 5.74) is -2.78. The molecular formula is C19H27F3N4O3. The van der Waals surface area contributed by atoms with Gasteiger partial charge in [0, 0.05) is 32.6 Å². The molecule has 0 saturated carbocycles. The third kappa shape index (κ3) is 5.57. The van der Waals surface area contributed by atoms with Gasteiger partial charge in [-0.05, 0) is 44.7 Å². The molecule has 0 spiro atoms. The first-order valence-electron chi connectivity index (χ1n) is 9.90. The number of amides is 1. The maximum Gasteiger partial charge on any atom is 0.433 e. The number of carbonyl (C=O) groups excluding carboxylic acids is 1. The van der Waals surface area contributed by atoms with Gasteiger partial charge in [-0.25, -0.2) is 4.98 Å². The van der Waals surface area contributed by atoms with Gasteiger partial charge in [-0.3, -0.25) is 14.2 Å². The van der Waals surface area contributed by atoms with Gasteiger partial charge in [-0.2, -0.15) is 13.2 Å². The predicted molar refractivity (Wildman–Crippen MR) is 99.1 cm³/mol. The molecule has 0 aromatic carbocycles. The summed E-state index contributed by atoms with van der Waals surface area (Å²) in [5.74, 6) is 0.134. The van der Waals surface area contributed by atoms with Crippen LogP contribution >= 0.6 is 0 Å². The lowest BCUT2D eigenvalue weighted by molar-refractivity contribution is -0.141. The minimum atomic E-state index is -4.62. The summed E-state index contributed by atoms with van der Waals surface area (Å²) in [5, 5.41) is 10.9. The standard InChI is InChI=1S/C19H27F3N4O3/c1-14(27)25-6-2-5-18(29,12-25)11-24-7-3-15(4-8-24)10-26-13-23-16(9-17(26)28)19(20,21)22/h9,13,15,29H,2-8,10-12H2,1H3. The number of β-amino-alcohol motifs (C(OH)–C–C–N with tert-alkyl or cyclic N) is 1. The number of rotatable bonds is 4. The zero-order valence-electron chi connectivity index (χ0n) is 16.5. The van der Waals surface area contributed by atoms with E-state index in [-0.39, 0.29) is 11.8 Å². The van der Waals surface area contributed by atoms with E-state index in [9.17, 15) is 27.9 Å². The number of hydrogen-bond acceptors (Lipinski definition) is 5. The highest BCUT2D eigenvalue weighted by atomic mass is 19.4. The van der Waals surface area contributed by atoms with Crippen molar-refractivity contribution in [2.24, 2.45) is 5.92 Å². The van der Waals surface area contributed by atoms with Crippen LogP contribution in [0.15, 0.2) is 17.2 Å². The van der Waals surface area contributed by atoms with Crippen molar-refractivity contribution in [3.05, 3.63) is 28.4 Å². The van der Waals surface area contributed by atoms with Crippen LogP contribution in [-0.2, 0) is 17.5 Å². The minimum Gasteiger partial charge on any atom is -0.387 e. The minimum absolute atomic E-state index is 0.0302. The molecule has 1 unspecified atom stereocenters. The summed E-state index contributed by atoms with van der Waals surface area (Å²) in [6, 6.07) is 0.536. The van der Waals surface area contributed by atoms with Crippen LogP contribution in [0.1, 0.15) is 38.3 Å². The van der Waals surface area contributed by atoms with E-state index in [0.717, 1.165) is 38.7 Å². The molecule has 162 valence electrons. The third-order valence-corrected chi connectivity index (χ3v) is 5.85. The van der Waals surface area contributed by atoms with Crippen molar-refractivity contribution >= 4 is 5.91 Å². The highest BCUT2D eigenvalue weighted by Crippen LogP contribution is 2.27. The van der Waals surface area contributed by atoms with Gasteiger partial charge in [0.2, 0.25) is 5.91 Å². The molecular weight excluding hydrogens is 389 g/mol. The van der Waals surface area contributed by atoms with E-state index in [1.165, 1.54) is 11.5 Å². The number of hydrogen-bond donors (Lipinski definition) is 1. The van der Waals surface area contributed by atoms with Gasteiger partial charge < -0.3 is 14.9 Å². The number of nitrogens with zero attached hydrogens (tertiary/aromatic N) is 4. The second kappa shape index (κ2) is 8.43. The number of alkyl halides is 3. The van der Waals surface area contributed by atoms with Crippen LogP contribution < -0.4 is 5.56 Å². The molecule has 29 heavy (non-hydrogen) atoms. The maximum absolute atomic E-state index is 12.6. The lowest BCUT2D eigenvalue weighted by atomic mass is 9.90. The Kier molecular flexibility index (Phi) is 6.33. The van der Waals surface area contributed by atoms with E-state index in [4.69, 9.17) is 0 Å². The van der Waals surface area contributed by atoms with Gasteiger partial charge >= 0.3 is 6.18 Å². The van der Waals surface area contributed by atoms with Crippen molar-refractivity contribution in [2.75, 3.05) is 32.7 Å². The number of likely N-dealkylation sites (tertiary alicyclic amines) is 2. The number of aromatic nitrogens is 2. The Hall–Kier alpha value is -1.94. The predicted octanol–water partition coefficient (Wildman–Crippen LogP) is 1.35. The van der Waals surface area contributed by atoms with Crippen LogP contribution in [0.5, 0.6) is 0 Å². The van der Waals surface area contributed by atoms with Crippen molar-refractivity contribution in [1.82, 2.24) is 19.4 Å². The first-order chi connectivity index (χ1) is 13.6. The fourth-order valence-corrected chi connectivity index (χ4v) is 4.25. The Morgan fingerprint density at radius 3 is 2.59 bits per heavy atom. The number of halogens is 3. The van der Waals surface area contributed by atoms with Crippen LogP contribution in [-0.4, -0.2) is 68.7 Å². The van der Waals surface area contributed by atoms with E-state index >= 15 is 0 Å². The lowest BCUT2D eigenvalue weighted by Crippen LogP contribution is -2.56. The molecule has 0 radical (unpaired) electrons. The third-order valence-electron chi connectivity index (χ3n) is 5.85. The van der Waals surface area contributed by atoms with Gasteiger partial charge in [-0.1, -0.05) is 0 Å². The van der Waals surface area contributed by atoms with E-state index in [1.54, 1.807) is 4.90 Å². The van der Waals surface area contributed by atoms with Crippen molar-refractivity contribution in [3.8, 4) is 0 Å². The number of piperidine rings is 2. The Morgan fingerprint density at radius 1 is 1.31 bits per heavy atom. The summed E-state index contributed by atoms with van der Waals surface area (Å²) in [6.45, 7) is 4.82. The summed E-state index contributed by atoms with van der Waals surface area (Å²) in [4.78, 5) is 30.8. The summed E-state index contributed by atoms with van der Waals surface area (Å²) >= 11 is 0. The molecule has 1 atom stereocenters. The molecule has 7 nitrogen and oxygen atoms in total. The van der Waals surface area contributed by atoms with Crippen molar-refractivity contribution < 1.29 is 23.1 Å². The summed E-state index contributed by atoms with van der Waals surface area (Å²) in [7, 11) is 0. The van der Waals surface area contributed by atoms with Gasteiger partial charge in [0.15, 0.2) is 5.69 Å². The molecule has 2 saturated heterocycles. The Bertz CT molecular complexity index is 790. The Labute approximate surface area is 167 Å². The topological polar surface area (TPSA) is 78.7 Å². The molecule has 3 heterocycles. The zero-order valence-corrected chi connectivity index (χ0v) is 16.5. The van der Waals surface area contributed by atoms with Gasteiger partial charge in [0.05, 0.1) is 18.5 Å². The van der Waals surface area contributed by atoms with Crippen LogP contribution in [0.4, 0.5) is 13.2 Å². The molecule has 1 N–H and O–H groups in total. The Balaban J connectivity index is 1.52. The Morgan fingerprint density at radius 2 is 2.00 bits per heavy atom. The number of carbonyl (C=O) groups is 1. The van der Waals surface area contributed by atoms with Crippen molar-refractivity contribution in [2.45, 2.75) is 50.9 Å². The highest BCUT2D eigenvalue weighted by molar-refractivity contribution is 5.73. The van der Waals surface area contributed by atoms with E-state index in [2.05, 4.69) is 9.88 Å². The van der Waals surface area contributed by atoms with Crippen molar-refractivity contribution in [3.63, 3.8) is 0 Å². The second-order valence-corrected chi connectivity index (χ2v) is 8.25. The van der Waals surface area contributed by atoms with Gasteiger partial charge in [0.25, 0.3) is 5.56 Å². The lowest BCUT2D eigenvalue weighted by Gasteiger charge is -2.43. The average molecular weight is 416 g/mol. The molecule has 1 aromatic rings. The molecule has 2 aliphatic heterocycles. The van der Waals surface area contributed by atoms with Crippen molar-refractivity contribution in [1.29, 1.82) is 0 Å². The molecule has 3 rings (SSSR count). The fraction of sp³-hybridized carbons (Fsp3) is 0.737. The molecule has 0 aliphatic carbocycles. The van der Waals surface area contributed by atoms with Gasteiger partial charge in [-0.15, -0.1) is 0 Å². The molecule has 2 fully saturated rings. The highest BCUT2D eigenvalue weighted by Gasteiger charge is 2.37. The smallest absolute Gasteiger partial charge is 0.387 e. The quantitative estimate of drug-likeness (QED) is 0.802. The first-order valence-corrected chi connectivity index (χ1v) is 9.90. The van der Waals surface area contributed by atoms with Crippen LogP contribution in [0.3, 0.4) is 0 Å². The van der Waals surface area contributed by atoms with E-state index in [1.807, 2.05) is 0 Å². The molecule has 10 heteroatoms. The molecule has 1 aromatic heterocycles. The zero-order chi connectivity index (χ0) is 21.2. The summed E-state index contributed by atoms with van der Waals surface area (Å²) < 4.78 is 39.1. The maximum atomic E-state index is 12.6. The molecule has 0 bridgehead atoms. The number of aliphatic hydroxyl groups is 1. The van der Waals surface area contributed by atoms with Crippen LogP contribution in [0.2, 0.25) is 0 Å². The molecule has 2 aliphatic rings. The monoisotopic (exact) mass is 416 g/mol. The van der Waals surface area contributed by atoms with Gasteiger partial charge in [0.1, 0.15) is 0 Å². The average Bonchev–Trinajstić information content (AvgIpc) is 2.64. The SMILES string of the molecule is CC(=O)N1CCCC(O)(CN2CCC(Cn3cnc(C(F)(F)F)cc3=O)CC2)C1. The van der Waals surface area contributed by atoms with Crippen LogP contribution in [0, 0.1) is 5.92 Å². The second-order valence-electron chi connectivity index (χ2n) is 8.25. The fourth-order valence-electron chi connectivity index (χ4n) is 4.25.